The topological polar surface area (TPSA) is 89.3 Å². The molecule has 2 rings (SSSR count). The molecule has 0 saturated carbocycles. The zero-order valence-electron chi connectivity index (χ0n) is 9.67. The molecule has 0 bridgehead atoms. The Morgan fingerprint density at radius 1 is 1.33 bits per heavy atom. The van der Waals surface area contributed by atoms with Crippen molar-refractivity contribution in [3.05, 3.63) is 46.9 Å². The van der Waals surface area contributed by atoms with E-state index in [1.165, 1.54) is 6.08 Å². The van der Waals surface area contributed by atoms with Crippen LogP contribution in [0.2, 0.25) is 0 Å². The molecule has 1 aliphatic rings. The fraction of sp³-hybridized carbons (Fsp3) is 0.250. The maximum absolute atomic E-state index is 11.8. The van der Waals surface area contributed by atoms with E-state index in [0.29, 0.717) is 12.1 Å². The van der Waals surface area contributed by atoms with Gasteiger partial charge in [-0.1, -0.05) is 12.1 Å². The average molecular weight is 266 g/mol. The molecule has 1 aromatic carbocycles. The fourth-order valence-corrected chi connectivity index (χ4v) is 2.94. The van der Waals surface area contributed by atoms with E-state index >= 15 is 0 Å². The number of carbonyl (C=O) groups excluding carboxylic acids is 1. The molecule has 0 aromatic heterocycles. The standard InChI is InChI=1S/C12H14N2O3S/c13-7-9-1-3-10(4-2-9)12(15)14-11-5-6-18(16,17)8-11/h1-6,11H,7-8,13H2,(H,14,15). The van der Waals surface area contributed by atoms with Gasteiger partial charge in [0.05, 0.1) is 11.8 Å². The third-order valence-electron chi connectivity index (χ3n) is 2.70. The second kappa shape index (κ2) is 4.91. The first-order valence-corrected chi connectivity index (χ1v) is 7.22. The van der Waals surface area contributed by atoms with Gasteiger partial charge in [-0.15, -0.1) is 0 Å². The Labute approximate surface area is 106 Å². The van der Waals surface area contributed by atoms with Gasteiger partial charge in [0.15, 0.2) is 9.84 Å². The van der Waals surface area contributed by atoms with Crippen molar-refractivity contribution < 1.29 is 13.2 Å². The summed E-state index contributed by atoms with van der Waals surface area (Å²) in [6.07, 6.45) is 1.49. The average Bonchev–Trinajstić information content (AvgIpc) is 2.68. The van der Waals surface area contributed by atoms with Gasteiger partial charge in [-0.25, -0.2) is 8.42 Å². The molecule has 1 heterocycles. The van der Waals surface area contributed by atoms with E-state index in [1.54, 1.807) is 24.3 Å². The number of sulfone groups is 1. The van der Waals surface area contributed by atoms with Crippen LogP contribution in [0.5, 0.6) is 0 Å². The van der Waals surface area contributed by atoms with Gasteiger partial charge in [0.1, 0.15) is 0 Å². The minimum atomic E-state index is -3.15. The van der Waals surface area contributed by atoms with Crippen molar-refractivity contribution in [2.75, 3.05) is 5.75 Å². The largest absolute Gasteiger partial charge is 0.345 e. The van der Waals surface area contributed by atoms with Crippen LogP contribution in [-0.2, 0) is 16.4 Å². The molecule has 1 aromatic rings. The van der Waals surface area contributed by atoms with E-state index in [9.17, 15) is 13.2 Å². The van der Waals surface area contributed by atoms with Crippen LogP contribution in [-0.4, -0.2) is 26.1 Å². The lowest BCUT2D eigenvalue weighted by Crippen LogP contribution is -2.35. The van der Waals surface area contributed by atoms with Crippen LogP contribution < -0.4 is 11.1 Å². The smallest absolute Gasteiger partial charge is 0.251 e. The van der Waals surface area contributed by atoms with E-state index in [4.69, 9.17) is 5.73 Å². The normalized spacial score (nSPS) is 20.8. The fourth-order valence-electron chi connectivity index (χ4n) is 1.71. The molecule has 0 aliphatic carbocycles. The zero-order chi connectivity index (χ0) is 13.2. The number of nitrogens with one attached hydrogen (secondary N) is 1. The summed E-state index contributed by atoms with van der Waals surface area (Å²) in [6.45, 7) is 0.422. The molecule has 0 spiro atoms. The Morgan fingerprint density at radius 2 is 2.00 bits per heavy atom. The minimum absolute atomic E-state index is 0.0698. The molecule has 6 heteroatoms. The van der Waals surface area contributed by atoms with Crippen LogP contribution in [0.15, 0.2) is 35.7 Å². The third-order valence-corrected chi connectivity index (χ3v) is 4.09. The summed E-state index contributed by atoms with van der Waals surface area (Å²) in [5.41, 5.74) is 6.89. The third kappa shape index (κ3) is 2.96. The zero-order valence-corrected chi connectivity index (χ0v) is 10.5. The molecule has 1 aliphatic heterocycles. The molecule has 1 unspecified atom stereocenters. The van der Waals surface area contributed by atoms with Gasteiger partial charge in [0.25, 0.3) is 5.91 Å². The lowest BCUT2D eigenvalue weighted by molar-refractivity contribution is 0.0947. The Morgan fingerprint density at radius 3 is 2.50 bits per heavy atom. The Bertz CT molecular complexity index is 576. The van der Waals surface area contributed by atoms with Crippen LogP contribution in [0.3, 0.4) is 0 Å². The predicted molar refractivity (Wildman–Crippen MR) is 68.5 cm³/mol. The van der Waals surface area contributed by atoms with Crippen molar-refractivity contribution in [1.82, 2.24) is 5.32 Å². The highest BCUT2D eigenvalue weighted by Gasteiger charge is 2.23. The Hall–Kier alpha value is -1.66. The Balaban J connectivity index is 2.02. The Kier molecular flexibility index (Phi) is 3.49. The summed E-state index contributed by atoms with van der Waals surface area (Å²) in [4.78, 5) is 11.8. The number of amides is 1. The molecule has 3 N–H and O–H groups in total. The first-order chi connectivity index (χ1) is 8.50. The molecule has 96 valence electrons. The van der Waals surface area contributed by atoms with Crippen molar-refractivity contribution in [2.45, 2.75) is 12.6 Å². The number of hydrogen-bond donors (Lipinski definition) is 2. The molecular weight excluding hydrogens is 252 g/mol. The quantitative estimate of drug-likeness (QED) is 0.817. The number of carbonyl (C=O) groups is 1. The van der Waals surface area contributed by atoms with Crippen molar-refractivity contribution in [3.63, 3.8) is 0 Å². The summed E-state index contributed by atoms with van der Waals surface area (Å²) in [7, 11) is -3.15. The summed E-state index contributed by atoms with van der Waals surface area (Å²) in [5.74, 6) is -0.357. The lowest BCUT2D eigenvalue weighted by Gasteiger charge is -2.10. The van der Waals surface area contributed by atoms with Crippen LogP contribution in [0, 0.1) is 0 Å². The first kappa shape index (κ1) is 12.8. The van der Waals surface area contributed by atoms with Gasteiger partial charge in [-0.2, -0.15) is 0 Å². The lowest BCUT2D eigenvalue weighted by atomic mass is 10.1. The maximum atomic E-state index is 11.8. The summed E-state index contributed by atoms with van der Waals surface area (Å²) in [5, 5.41) is 3.79. The molecule has 0 saturated heterocycles. The predicted octanol–water partition coefficient (Wildman–Crippen LogP) is 0.186. The van der Waals surface area contributed by atoms with E-state index in [0.717, 1.165) is 11.0 Å². The highest BCUT2D eigenvalue weighted by molar-refractivity contribution is 7.94. The summed E-state index contributed by atoms with van der Waals surface area (Å²) in [6, 6.07) is 6.44. The van der Waals surface area contributed by atoms with E-state index in [1.807, 2.05) is 0 Å². The van der Waals surface area contributed by atoms with Crippen LogP contribution in [0.1, 0.15) is 15.9 Å². The highest BCUT2D eigenvalue weighted by Crippen LogP contribution is 2.09. The second-order valence-corrected chi connectivity index (χ2v) is 6.07. The molecular formula is C12H14N2O3S. The molecule has 1 amide bonds. The van der Waals surface area contributed by atoms with Crippen LogP contribution in [0.25, 0.3) is 0 Å². The number of rotatable bonds is 3. The SMILES string of the molecule is NCc1ccc(C(=O)NC2C=CS(=O)(=O)C2)cc1. The van der Waals surface area contributed by atoms with E-state index in [2.05, 4.69) is 5.32 Å². The first-order valence-electron chi connectivity index (χ1n) is 5.51. The highest BCUT2D eigenvalue weighted by atomic mass is 32.2. The van der Waals surface area contributed by atoms with Gasteiger partial charge in [0, 0.05) is 17.5 Å². The van der Waals surface area contributed by atoms with Gasteiger partial charge in [-0.3, -0.25) is 4.79 Å². The molecule has 0 radical (unpaired) electrons. The number of hydrogen-bond acceptors (Lipinski definition) is 4. The summed E-state index contributed by atoms with van der Waals surface area (Å²) >= 11 is 0. The minimum Gasteiger partial charge on any atom is -0.345 e. The van der Waals surface area contributed by atoms with E-state index < -0.39 is 15.9 Å². The van der Waals surface area contributed by atoms with Gasteiger partial charge in [-0.05, 0) is 23.8 Å². The van der Waals surface area contributed by atoms with Crippen molar-refractivity contribution in [1.29, 1.82) is 0 Å². The van der Waals surface area contributed by atoms with Crippen LogP contribution in [0.4, 0.5) is 0 Å². The second-order valence-electron chi connectivity index (χ2n) is 4.14. The number of nitrogens with two attached hydrogens (primary N) is 1. The monoisotopic (exact) mass is 266 g/mol. The maximum Gasteiger partial charge on any atom is 0.251 e. The molecule has 5 nitrogen and oxygen atoms in total. The molecule has 18 heavy (non-hydrogen) atoms. The number of benzene rings is 1. The van der Waals surface area contributed by atoms with Crippen molar-refractivity contribution >= 4 is 15.7 Å². The van der Waals surface area contributed by atoms with Gasteiger partial charge < -0.3 is 11.1 Å². The van der Waals surface area contributed by atoms with Crippen molar-refractivity contribution in [3.8, 4) is 0 Å². The molecule has 0 fully saturated rings. The van der Waals surface area contributed by atoms with Crippen molar-refractivity contribution in [2.24, 2.45) is 5.73 Å². The van der Waals surface area contributed by atoms with E-state index in [-0.39, 0.29) is 11.7 Å². The van der Waals surface area contributed by atoms with Crippen LogP contribution >= 0.6 is 0 Å². The molecule has 1 atom stereocenters. The summed E-state index contributed by atoms with van der Waals surface area (Å²) < 4.78 is 22.4. The van der Waals surface area contributed by atoms with Gasteiger partial charge >= 0.3 is 0 Å². The van der Waals surface area contributed by atoms with Gasteiger partial charge in [0.2, 0.25) is 0 Å².